The molecule has 38 heavy (non-hydrogen) atoms. The summed E-state index contributed by atoms with van der Waals surface area (Å²) >= 11 is 6.02. The highest BCUT2D eigenvalue weighted by Crippen LogP contribution is 2.46. The number of carbonyl (C=O) groups excluding carboxylic acids is 1. The van der Waals surface area contributed by atoms with Crippen LogP contribution in [0.25, 0.3) is 10.9 Å². The zero-order chi connectivity index (χ0) is 26.9. The number of pyridine rings is 1. The van der Waals surface area contributed by atoms with Gasteiger partial charge in [-0.2, -0.15) is 9.97 Å². The lowest BCUT2D eigenvalue weighted by Crippen LogP contribution is -2.49. The molecule has 5 rings (SSSR count). The number of hydrogen-bond acceptors (Lipinski definition) is 9. The van der Waals surface area contributed by atoms with Crippen LogP contribution in [0.3, 0.4) is 0 Å². The number of hydrazine groups is 1. The first kappa shape index (κ1) is 27.1. The number of halogens is 2. The van der Waals surface area contributed by atoms with E-state index in [1.54, 1.807) is 5.01 Å². The molecule has 12 heteroatoms. The molecular formula is C26H36ClFN6O4. The van der Waals surface area contributed by atoms with Gasteiger partial charge in [0.2, 0.25) is 0 Å². The number of morpholine rings is 1. The summed E-state index contributed by atoms with van der Waals surface area (Å²) in [4.78, 5) is 28.7. The Kier molecular flexibility index (Phi) is 7.79. The van der Waals surface area contributed by atoms with Crippen molar-refractivity contribution >= 4 is 34.4 Å². The molecule has 4 heterocycles. The van der Waals surface area contributed by atoms with Gasteiger partial charge < -0.3 is 14.2 Å². The molecule has 3 fully saturated rings. The number of hydrogen-bond donors (Lipinski definition) is 0. The molecule has 2 saturated heterocycles. The highest BCUT2D eigenvalue weighted by Gasteiger charge is 2.45. The van der Waals surface area contributed by atoms with E-state index in [0.717, 1.165) is 65.0 Å². The van der Waals surface area contributed by atoms with Gasteiger partial charge in [-0.15, -0.1) is 0 Å². The third-order valence-electron chi connectivity index (χ3n) is 7.11. The molecule has 0 aromatic carbocycles. The summed E-state index contributed by atoms with van der Waals surface area (Å²) in [5.41, 5.74) is -0.636. The van der Waals surface area contributed by atoms with Crippen molar-refractivity contribution < 1.29 is 23.4 Å². The van der Waals surface area contributed by atoms with E-state index in [2.05, 4.69) is 14.9 Å². The van der Waals surface area contributed by atoms with Gasteiger partial charge in [-0.3, -0.25) is 9.91 Å². The van der Waals surface area contributed by atoms with Crippen molar-refractivity contribution in [3.05, 3.63) is 17.2 Å². The summed E-state index contributed by atoms with van der Waals surface area (Å²) in [6.07, 6.45) is 5.63. The Morgan fingerprint density at radius 2 is 1.87 bits per heavy atom. The van der Waals surface area contributed by atoms with Crippen LogP contribution in [0, 0.1) is 11.2 Å². The SMILES string of the molecule is CC(C)(C)OC(=O)N1CCCCCN1c1nc(OCC2(CN3CCOCC3)CC2)nc2c(F)c(Cl)ncc12. The van der Waals surface area contributed by atoms with Gasteiger partial charge in [0.05, 0.1) is 25.2 Å². The summed E-state index contributed by atoms with van der Waals surface area (Å²) in [6.45, 7) is 11.1. The van der Waals surface area contributed by atoms with Gasteiger partial charge in [-0.25, -0.2) is 19.2 Å². The van der Waals surface area contributed by atoms with Crippen LogP contribution in [-0.4, -0.2) is 89.1 Å². The number of aromatic nitrogens is 3. The summed E-state index contributed by atoms with van der Waals surface area (Å²) in [7, 11) is 0. The summed E-state index contributed by atoms with van der Waals surface area (Å²) in [6, 6.07) is 0.0512. The molecule has 1 saturated carbocycles. The molecule has 0 radical (unpaired) electrons. The molecule has 3 aliphatic rings. The summed E-state index contributed by atoms with van der Waals surface area (Å²) < 4.78 is 32.5. The molecule has 2 aromatic rings. The van der Waals surface area contributed by atoms with Crippen LogP contribution in [0.1, 0.15) is 52.9 Å². The highest BCUT2D eigenvalue weighted by atomic mass is 35.5. The second kappa shape index (κ2) is 10.9. The minimum absolute atomic E-state index is 0.0106. The highest BCUT2D eigenvalue weighted by molar-refractivity contribution is 6.30. The third kappa shape index (κ3) is 6.21. The molecule has 208 valence electrons. The first-order chi connectivity index (χ1) is 18.1. The number of carbonyl (C=O) groups is 1. The number of anilines is 1. The number of ether oxygens (including phenoxy) is 3. The first-order valence-corrected chi connectivity index (χ1v) is 13.7. The lowest BCUT2D eigenvalue weighted by Gasteiger charge is -2.35. The predicted octanol–water partition coefficient (Wildman–Crippen LogP) is 4.45. The van der Waals surface area contributed by atoms with Crippen molar-refractivity contribution in [2.24, 2.45) is 5.41 Å². The number of rotatable bonds is 6. The Morgan fingerprint density at radius 1 is 1.13 bits per heavy atom. The zero-order valence-corrected chi connectivity index (χ0v) is 23.1. The van der Waals surface area contributed by atoms with Crippen LogP contribution >= 0.6 is 11.6 Å². The zero-order valence-electron chi connectivity index (χ0n) is 22.3. The van der Waals surface area contributed by atoms with Gasteiger partial charge in [0.1, 0.15) is 11.1 Å². The number of nitrogens with zero attached hydrogens (tertiary/aromatic N) is 6. The van der Waals surface area contributed by atoms with Gasteiger partial charge in [0, 0.05) is 44.3 Å². The van der Waals surface area contributed by atoms with E-state index in [4.69, 9.17) is 30.8 Å². The van der Waals surface area contributed by atoms with Crippen molar-refractivity contribution in [1.82, 2.24) is 24.9 Å². The van der Waals surface area contributed by atoms with Crippen LogP contribution in [0.15, 0.2) is 6.20 Å². The lowest BCUT2D eigenvalue weighted by atomic mass is 10.1. The van der Waals surface area contributed by atoms with E-state index in [1.807, 2.05) is 20.8 Å². The molecule has 10 nitrogen and oxygen atoms in total. The van der Waals surface area contributed by atoms with Crippen molar-refractivity contribution in [1.29, 1.82) is 0 Å². The third-order valence-corrected chi connectivity index (χ3v) is 7.37. The van der Waals surface area contributed by atoms with E-state index in [0.29, 0.717) is 30.9 Å². The number of amides is 1. The molecule has 0 atom stereocenters. The molecule has 0 bridgehead atoms. The van der Waals surface area contributed by atoms with Crippen molar-refractivity contribution in [3.63, 3.8) is 0 Å². The lowest BCUT2D eigenvalue weighted by molar-refractivity contribution is 0.0229. The van der Waals surface area contributed by atoms with Gasteiger partial charge in [-0.1, -0.05) is 11.6 Å². The van der Waals surface area contributed by atoms with Crippen molar-refractivity contribution in [2.45, 2.75) is 58.5 Å². The van der Waals surface area contributed by atoms with E-state index in [9.17, 15) is 4.79 Å². The maximum Gasteiger partial charge on any atom is 0.429 e. The predicted molar refractivity (Wildman–Crippen MR) is 141 cm³/mol. The standard InChI is InChI=1S/C26H36ClFN6O4/c1-25(2,3)38-24(35)34-10-6-4-5-9-33(34)22-18-15-29-21(27)19(28)20(18)30-23(31-22)37-17-26(7-8-26)16-32-11-13-36-14-12-32/h15H,4-14,16-17H2,1-3H3. The molecule has 1 amide bonds. The Balaban J connectivity index is 1.46. The van der Waals surface area contributed by atoms with Gasteiger partial charge in [-0.05, 0) is 52.9 Å². The van der Waals surface area contributed by atoms with E-state index >= 15 is 4.39 Å². The van der Waals surface area contributed by atoms with E-state index in [-0.39, 0.29) is 22.1 Å². The molecule has 0 unspecified atom stereocenters. The van der Waals surface area contributed by atoms with Crippen LogP contribution in [0.2, 0.25) is 5.15 Å². The largest absolute Gasteiger partial charge is 0.463 e. The Morgan fingerprint density at radius 3 is 2.58 bits per heavy atom. The fourth-order valence-corrected chi connectivity index (χ4v) is 5.04. The summed E-state index contributed by atoms with van der Waals surface area (Å²) in [5, 5.41) is 3.35. The first-order valence-electron chi connectivity index (χ1n) is 13.4. The number of fused-ring (bicyclic) bond motifs is 1. The maximum absolute atomic E-state index is 15.2. The average Bonchev–Trinajstić information content (AvgIpc) is 3.68. The second-order valence-corrected chi connectivity index (χ2v) is 11.8. The van der Waals surface area contributed by atoms with E-state index in [1.165, 1.54) is 11.2 Å². The smallest absolute Gasteiger partial charge is 0.429 e. The van der Waals surface area contributed by atoms with Gasteiger partial charge >= 0.3 is 12.1 Å². The van der Waals surface area contributed by atoms with Gasteiger partial charge in [0.15, 0.2) is 16.8 Å². The maximum atomic E-state index is 15.2. The Hall–Kier alpha value is -2.50. The molecular weight excluding hydrogens is 515 g/mol. The second-order valence-electron chi connectivity index (χ2n) is 11.4. The fourth-order valence-electron chi connectivity index (χ4n) is 4.90. The van der Waals surface area contributed by atoms with E-state index < -0.39 is 17.5 Å². The van der Waals surface area contributed by atoms with Crippen LogP contribution in [0.4, 0.5) is 15.0 Å². The van der Waals surface area contributed by atoms with Crippen LogP contribution in [0.5, 0.6) is 6.01 Å². The normalized spacial score (nSPS) is 20.3. The molecule has 1 aliphatic carbocycles. The molecule has 0 spiro atoms. The minimum Gasteiger partial charge on any atom is -0.463 e. The Labute approximate surface area is 227 Å². The summed E-state index contributed by atoms with van der Waals surface area (Å²) in [5.74, 6) is -0.399. The van der Waals surface area contributed by atoms with Crippen molar-refractivity contribution in [2.75, 3.05) is 57.6 Å². The quantitative estimate of drug-likeness (QED) is 0.483. The average molecular weight is 551 g/mol. The fraction of sp³-hybridized carbons (Fsp3) is 0.692. The molecule has 2 aliphatic heterocycles. The Bertz CT molecular complexity index is 1170. The van der Waals surface area contributed by atoms with Crippen LogP contribution < -0.4 is 9.75 Å². The topological polar surface area (TPSA) is 93.2 Å². The molecule has 2 aromatic heterocycles. The minimum atomic E-state index is -0.745. The van der Waals surface area contributed by atoms with Crippen molar-refractivity contribution in [3.8, 4) is 6.01 Å². The van der Waals surface area contributed by atoms with Gasteiger partial charge in [0.25, 0.3) is 0 Å². The monoisotopic (exact) mass is 550 g/mol. The molecule has 0 N–H and O–H groups in total. The van der Waals surface area contributed by atoms with Crippen LogP contribution in [-0.2, 0) is 9.47 Å².